The number of benzene rings is 2. The van der Waals surface area contributed by atoms with Crippen LogP contribution in [0, 0.1) is 10.1 Å². The molecule has 0 aliphatic rings. The molecule has 1 atom stereocenters. The molecule has 13 heteroatoms. The van der Waals surface area contributed by atoms with E-state index in [1.807, 2.05) is 0 Å². The fourth-order valence-electron chi connectivity index (χ4n) is 2.79. The van der Waals surface area contributed by atoms with E-state index >= 15 is 0 Å². The maximum absolute atomic E-state index is 13.4. The van der Waals surface area contributed by atoms with Crippen molar-refractivity contribution in [1.29, 1.82) is 0 Å². The number of nitro groups is 1. The monoisotopic (exact) mass is 462 g/mol. The third kappa shape index (κ3) is 4.32. The lowest BCUT2D eigenvalue weighted by molar-refractivity contribution is -0.385. The molecular formula is C18H17F3N2O7S. The first-order valence-corrected chi connectivity index (χ1v) is 10.00. The molecule has 1 N–H and O–H groups in total. The first-order chi connectivity index (χ1) is 14.3. The summed E-state index contributed by atoms with van der Waals surface area (Å²) in [5.74, 6) is -1.95. The van der Waals surface area contributed by atoms with E-state index in [2.05, 4.69) is 4.74 Å². The fraction of sp³-hybridized carbons (Fsp3) is 0.278. The maximum Gasteiger partial charge on any atom is 0.432 e. The van der Waals surface area contributed by atoms with E-state index in [-0.39, 0.29) is 12.2 Å². The van der Waals surface area contributed by atoms with Crippen LogP contribution in [0.1, 0.15) is 12.5 Å². The van der Waals surface area contributed by atoms with Crippen molar-refractivity contribution in [2.45, 2.75) is 23.6 Å². The van der Waals surface area contributed by atoms with Gasteiger partial charge in [0.05, 0.1) is 22.6 Å². The molecule has 0 fully saturated rings. The normalized spacial score (nSPS) is 13.9. The van der Waals surface area contributed by atoms with Crippen molar-refractivity contribution >= 4 is 27.4 Å². The highest BCUT2D eigenvalue weighted by molar-refractivity contribution is 7.92. The molecule has 2 aromatic carbocycles. The average Bonchev–Trinajstić information content (AvgIpc) is 2.72. The van der Waals surface area contributed by atoms with Crippen LogP contribution in [-0.2, 0) is 25.2 Å². The van der Waals surface area contributed by atoms with Crippen LogP contribution in [-0.4, -0.2) is 44.2 Å². The number of hydrogen-bond donors (Lipinski definition) is 1. The molecule has 0 aliphatic carbocycles. The Morgan fingerprint density at radius 2 is 1.77 bits per heavy atom. The van der Waals surface area contributed by atoms with Crippen molar-refractivity contribution in [2.24, 2.45) is 0 Å². The van der Waals surface area contributed by atoms with Crippen LogP contribution in [0.4, 0.5) is 24.5 Å². The van der Waals surface area contributed by atoms with E-state index < -0.39 is 48.8 Å². The van der Waals surface area contributed by atoms with Crippen molar-refractivity contribution in [3.63, 3.8) is 0 Å². The van der Waals surface area contributed by atoms with Gasteiger partial charge >= 0.3 is 12.1 Å². The molecule has 0 heterocycles. The van der Waals surface area contributed by atoms with Crippen LogP contribution in [0.3, 0.4) is 0 Å². The Labute approximate surface area is 174 Å². The zero-order valence-corrected chi connectivity index (χ0v) is 17.0. The van der Waals surface area contributed by atoms with Crippen LogP contribution >= 0.6 is 0 Å². The summed E-state index contributed by atoms with van der Waals surface area (Å²) in [5, 5.41) is 20.9. The van der Waals surface area contributed by atoms with Crippen LogP contribution in [0.2, 0.25) is 0 Å². The summed E-state index contributed by atoms with van der Waals surface area (Å²) in [6, 6.07) is 7.69. The summed E-state index contributed by atoms with van der Waals surface area (Å²) in [6.45, 7) is 1.29. The molecule has 0 spiro atoms. The van der Waals surface area contributed by atoms with Crippen molar-refractivity contribution in [3.05, 3.63) is 64.2 Å². The standard InChI is InChI=1S/C18H17F3N2O7S/c1-3-22(31(28,29)15-6-4-5-14(11-15)23(26)27)13-9-7-12(8-10-13)17(25,16(24)30-2)18(19,20)21/h4-11,25H,3H2,1-2H3/t17-/m1/s1. The summed E-state index contributed by atoms with van der Waals surface area (Å²) in [6.07, 6.45) is -5.40. The summed E-state index contributed by atoms with van der Waals surface area (Å²) in [5.41, 5.74) is -5.37. The highest BCUT2D eigenvalue weighted by atomic mass is 32.2. The van der Waals surface area contributed by atoms with E-state index in [0.717, 1.165) is 46.8 Å². The summed E-state index contributed by atoms with van der Waals surface area (Å²) >= 11 is 0. The first-order valence-electron chi connectivity index (χ1n) is 8.56. The molecule has 0 aliphatic heterocycles. The highest BCUT2D eigenvalue weighted by Crippen LogP contribution is 2.40. The van der Waals surface area contributed by atoms with Gasteiger partial charge in [-0.05, 0) is 25.1 Å². The average molecular weight is 462 g/mol. The predicted molar refractivity (Wildman–Crippen MR) is 102 cm³/mol. The number of carbonyl (C=O) groups excluding carboxylic acids is 1. The van der Waals surface area contributed by atoms with Crippen molar-refractivity contribution in [3.8, 4) is 0 Å². The van der Waals surface area contributed by atoms with Gasteiger partial charge in [-0.2, -0.15) is 13.2 Å². The Morgan fingerprint density at radius 1 is 1.19 bits per heavy atom. The molecule has 0 aromatic heterocycles. The Kier molecular flexibility index (Phi) is 6.61. The number of halogens is 3. The second-order valence-corrected chi connectivity index (χ2v) is 8.03. The third-order valence-electron chi connectivity index (χ3n) is 4.37. The van der Waals surface area contributed by atoms with Gasteiger partial charge in [0.2, 0.25) is 0 Å². The molecule has 0 bridgehead atoms. The molecule has 168 valence electrons. The van der Waals surface area contributed by atoms with Gasteiger partial charge < -0.3 is 9.84 Å². The number of ether oxygens (including phenoxy) is 1. The van der Waals surface area contributed by atoms with Gasteiger partial charge in [0, 0.05) is 24.2 Å². The minimum atomic E-state index is -5.40. The Morgan fingerprint density at radius 3 is 2.23 bits per heavy atom. The SMILES string of the molecule is CCN(c1ccc([C@@](O)(C(=O)OC)C(F)(F)F)cc1)S(=O)(=O)c1cccc([N+](=O)[O-])c1. The van der Waals surface area contributed by atoms with Crippen molar-refractivity contribution in [1.82, 2.24) is 0 Å². The number of alkyl halides is 3. The zero-order chi connectivity index (χ0) is 23.6. The lowest BCUT2D eigenvalue weighted by Gasteiger charge is -2.29. The predicted octanol–water partition coefficient (Wildman–Crippen LogP) is 2.73. The molecule has 0 amide bonds. The Balaban J connectivity index is 2.52. The number of rotatable bonds is 7. The Bertz CT molecular complexity index is 1090. The number of sulfonamides is 1. The lowest BCUT2D eigenvalue weighted by atomic mass is 9.93. The molecule has 2 rings (SSSR count). The second-order valence-electron chi connectivity index (χ2n) is 6.17. The van der Waals surface area contributed by atoms with Gasteiger partial charge in [0.1, 0.15) is 0 Å². The molecule has 0 saturated carbocycles. The second kappa shape index (κ2) is 8.51. The summed E-state index contributed by atoms with van der Waals surface area (Å²) in [7, 11) is -3.63. The van der Waals surface area contributed by atoms with Gasteiger partial charge in [0.25, 0.3) is 21.3 Å². The molecular weight excluding hydrogens is 445 g/mol. The first kappa shape index (κ1) is 24.1. The van der Waals surface area contributed by atoms with E-state index in [9.17, 15) is 41.6 Å². The number of anilines is 1. The molecule has 0 unspecified atom stereocenters. The van der Waals surface area contributed by atoms with E-state index in [0.29, 0.717) is 7.11 Å². The van der Waals surface area contributed by atoms with E-state index in [1.165, 1.54) is 13.0 Å². The van der Waals surface area contributed by atoms with Crippen LogP contribution in [0.15, 0.2) is 53.4 Å². The number of nitrogens with zero attached hydrogens (tertiary/aromatic N) is 2. The summed E-state index contributed by atoms with van der Waals surface area (Å²) in [4.78, 5) is 21.4. The largest absolute Gasteiger partial charge is 0.466 e. The quantitative estimate of drug-likeness (QED) is 0.381. The van der Waals surface area contributed by atoms with Gasteiger partial charge in [-0.25, -0.2) is 13.2 Å². The van der Waals surface area contributed by atoms with E-state index in [1.54, 1.807) is 0 Å². The maximum atomic E-state index is 13.4. The van der Waals surface area contributed by atoms with Gasteiger partial charge in [-0.3, -0.25) is 14.4 Å². The molecule has 2 aromatic rings. The molecule has 0 radical (unpaired) electrons. The fourth-order valence-corrected chi connectivity index (χ4v) is 4.30. The van der Waals surface area contributed by atoms with Crippen molar-refractivity contribution in [2.75, 3.05) is 18.0 Å². The number of carbonyl (C=O) groups is 1. The number of esters is 1. The van der Waals surface area contributed by atoms with Crippen molar-refractivity contribution < 1.29 is 41.2 Å². The lowest BCUT2D eigenvalue weighted by Crippen LogP contribution is -2.49. The molecule has 31 heavy (non-hydrogen) atoms. The van der Waals surface area contributed by atoms with Gasteiger partial charge in [-0.1, -0.05) is 18.2 Å². The minimum absolute atomic E-state index is 0.0906. The topological polar surface area (TPSA) is 127 Å². The van der Waals surface area contributed by atoms with Crippen LogP contribution < -0.4 is 4.31 Å². The van der Waals surface area contributed by atoms with Crippen LogP contribution in [0.25, 0.3) is 0 Å². The number of hydrogen-bond acceptors (Lipinski definition) is 7. The van der Waals surface area contributed by atoms with E-state index in [4.69, 9.17) is 0 Å². The minimum Gasteiger partial charge on any atom is -0.466 e. The molecule has 0 saturated heterocycles. The molecule has 9 nitrogen and oxygen atoms in total. The number of non-ortho nitro benzene ring substituents is 1. The number of nitro benzene ring substituents is 1. The van der Waals surface area contributed by atoms with Crippen LogP contribution in [0.5, 0.6) is 0 Å². The third-order valence-corrected chi connectivity index (χ3v) is 6.27. The number of methoxy groups -OCH3 is 1. The smallest absolute Gasteiger partial charge is 0.432 e. The Hall–Kier alpha value is -3.19. The zero-order valence-electron chi connectivity index (χ0n) is 16.2. The summed E-state index contributed by atoms with van der Waals surface area (Å²) < 4.78 is 70.8. The highest BCUT2D eigenvalue weighted by Gasteiger charge is 2.62. The number of aliphatic hydroxyl groups is 1. The van der Waals surface area contributed by atoms with Gasteiger partial charge in [0.15, 0.2) is 0 Å². The van der Waals surface area contributed by atoms with Gasteiger partial charge in [-0.15, -0.1) is 0 Å².